The van der Waals surface area contributed by atoms with Gasteiger partial charge in [-0.3, -0.25) is 14.7 Å². The van der Waals surface area contributed by atoms with E-state index < -0.39 is 29.5 Å². The number of benzene rings is 1. The van der Waals surface area contributed by atoms with Gasteiger partial charge in [0.2, 0.25) is 5.56 Å². The summed E-state index contributed by atoms with van der Waals surface area (Å²) in [4.78, 5) is 32.0. The first kappa shape index (κ1) is 26.1. The van der Waals surface area contributed by atoms with E-state index in [1.807, 2.05) is 4.90 Å². The molecule has 3 aliphatic rings. The Morgan fingerprint density at radius 1 is 1.07 bits per heavy atom. The third kappa shape index (κ3) is 4.56. The molecule has 13 heteroatoms. The summed E-state index contributed by atoms with van der Waals surface area (Å²) >= 11 is 0. The predicted molar refractivity (Wildman–Crippen MR) is 144 cm³/mol. The van der Waals surface area contributed by atoms with Gasteiger partial charge in [0.1, 0.15) is 23.6 Å². The SMILES string of the molecule is CN1C[C@@H](C(F)(F)F)[C@H]1COc1nc(N2CC3CCC(C2)N3)c2cnc(-c3[nH]c(=O)cc4ccccc34)c(F)c2n1. The van der Waals surface area contributed by atoms with E-state index in [2.05, 4.69) is 25.3 Å². The van der Waals surface area contributed by atoms with Crippen molar-refractivity contribution in [1.29, 1.82) is 0 Å². The summed E-state index contributed by atoms with van der Waals surface area (Å²) < 4.78 is 62.4. The largest absolute Gasteiger partial charge is 0.462 e. The normalized spacial score (nSPS) is 24.7. The number of aromatic nitrogens is 4. The summed E-state index contributed by atoms with van der Waals surface area (Å²) in [5.41, 5.74) is -0.380. The van der Waals surface area contributed by atoms with Crippen molar-refractivity contribution in [2.24, 2.45) is 5.92 Å². The molecule has 0 amide bonds. The number of piperazine rings is 1. The zero-order valence-electron chi connectivity index (χ0n) is 22.1. The Morgan fingerprint density at radius 2 is 1.83 bits per heavy atom. The molecule has 2 bridgehead atoms. The summed E-state index contributed by atoms with van der Waals surface area (Å²) in [5, 5.41) is 5.13. The fourth-order valence-electron chi connectivity index (χ4n) is 6.34. The van der Waals surface area contributed by atoms with Crippen molar-refractivity contribution in [2.75, 3.05) is 38.2 Å². The molecule has 0 radical (unpaired) electrons. The van der Waals surface area contributed by atoms with Gasteiger partial charge in [-0.25, -0.2) is 4.39 Å². The number of hydrogen-bond acceptors (Lipinski definition) is 8. The first-order valence-corrected chi connectivity index (χ1v) is 13.5. The number of anilines is 1. The van der Waals surface area contributed by atoms with Crippen molar-refractivity contribution in [3.8, 4) is 17.4 Å². The Hall–Kier alpha value is -3.84. The molecule has 2 N–H and O–H groups in total. The lowest BCUT2D eigenvalue weighted by atomic mass is 9.89. The lowest BCUT2D eigenvalue weighted by molar-refractivity contribution is -0.230. The Labute approximate surface area is 231 Å². The lowest BCUT2D eigenvalue weighted by Crippen LogP contribution is -2.61. The number of rotatable bonds is 5. The van der Waals surface area contributed by atoms with Crippen LogP contribution in [0.2, 0.25) is 0 Å². The average molecular weight is 570 g/mol. The molecule has 3 saturated heterocycles. The van der Waals surface area contributed by atoms with E-state index in [1.54, 1.807) is 36.2 Å². The third-order valence-electron chi connectivity index (χ3n) is 8.48. The fraction of sp³-hybridized carbons (Fsp3) is 0.429. The third-order valence-corrected chi connectivity index (χ3v) is 8.48. The molecule has 4 atom stereocenters. The van der Waals surface area contributed by atoms with Gasteiger partial charge in [0.25, 0.3) is 0 Å². The monoisotopic (exact) mass is 569 g/mol. The molecule has 2 unspecified atom stereocenters. The van der Waals surface area contributed by atoms with Gasteiger partial charge < -0.3 is 19.9 Å². The first-order valence-electron chi connectivity index (χ1n) is 13.5. The maximum Gasteiger partial charge on any atom is 0.394 e. The zero-order chi connectivity index (χ0) is 28.5. The average Bonchev–Trinajstić information content (AvgIpc) is 3.27. The number of ether oxygens (including phenoxy) is 1. The van der Waals surface area contributed by atoms with Crippen molar-refractivity contribution < 1.29 is 22.3 Å². The predicted octanol–water partition coefficient (Wildman–Crippen LogP) is 3.48. The number of nitrogens with one attached hydrogen (secondary N) is 2. The molecule has 0 spiro atoms. The van der Waals surface area contributed by atoms with Crippen LogP contribution < -0.4 is 20.5 Å². The van der Waals surface area contributed by atoms with Crippen molar-refractivity contribution in [3.63, 3.8) is 0 Å². The molecule has 6 heterocycles. The highest BCUT2D eigenvalue weighted by Crippen LogP contribution is 2.39. The van der Waals surface area contributed by atoms with Crippen LogP contribution in [0.1, 0.15) is 12.8 Å². The topological polar surface area (TPSA) is 99.3 Å². The quantitative estimate of drug-likeness (QED) is 0.353. The molecule has 214 valence electrons. The van der Waals surface area contributed by atoms with Gasteiger partial charge in [-0.2, -0.15) is 23.1 Å². The van der Waals surface area contributed by atoms with Crippen LogP contribution >= 0.6 is 0 Å². The Bertz CT molecular complexity index is 1700. The number of halogens is 4. The minimum atomic E-state index is -4.35. The van der Waals surface area contributed by atoms with E-state index >= 15 is 4.39 Å². The van der Waals surface area contributed by atoms with Crippen LogP contribution in [0.4, 0.5) is 23.4 Å². The van der Waals surface area contributed by atoms with Gasteiger partial charge in [-0.05, 0) is 25.3 Å². The van der Waals surface area contributed by atoms with Gasteiger partial charge in [0.15, 0.2) is 5.82 Å². The summed E-state index contributed by atoms with van der Waals surface area (Å²) in [7, 11) is 1.60. The first-order chi connectivity index (χ1) is 19.7. The maximum atomic E-state index is 16.3. The van der Waals surface area contributed by atoms with Crippen LogP contribution in [0.5, 0.6) is 6.01 Å². The lowest BCUT2D eigenvalue weighted by Gasteiger charge is -2.46. The van der Waals surface area contributed by atoms with Crippen molar-refractivity contribution in [1.82, 2.24) is 30.2 Å². The van der Waals surface area contributed by atoms with Gasteiger partial charge >= 0.3 is 12.2 Å². The van der Waals surface area contributed by atoms with Gasteiger partial charge in [-0.15, -0.1) is 0 Å². The van der Waals surface area contributed by atoms with Crippen LogP contribution in [0.15, 0.2) is 41.3 Å². The number of aromatic amines is 1. The second kappa shape index (κ2) is 9.62. The van der Waals surface area contributed by atoms with Gasteiger partial charge in [0.05, 0.1) is 23.0 Å². The summed E-state index contributed by atoms with van der Waals surface area (Å²) in [6.07, 6.45) is -0.856. The second-order valence-electron chi connectivity index (χ2n) is 11.1. The molecule has 1 aromatic carbocycles. The van der Waals surface area contributed by atoms with E-state index in [0.29, 0.717) is 35.1 Å². The smallest absolute Gasteiger partial charge is 0.394 e. The molecular formula is C28H27F4N7O2. The van der Waals surface area contributed by atoms with Crippen LogP contribution in [-0.4, -0.2) is 82.4 Å². The number of alkyl halides is 3. The fourth-order valence-corrected chi connectivity index (χ4v) is 6.34. The minimum absolute atomic E-state index is 0.0796. The molecular weight excluding hydrogens is 542 g/mol. The molecule has 41 heavy (non-hydrogen) atoms. The number of pyridine rings is 2. The number of likely N-dealkylation sites (N-methyl/N-ethyl adjacent to an activating group) is 1. The summed E-state index contributed by atoms with van der Waals surface area (Å²) in [6, 6.07) is 7.89. The molecule has 9 nitrogen and oxygen atoms in total. The molecule has 7 rings (SSSR count). The highest BCUT2D eigenvalue weighted by atomic mass is 19.4. The zero-order valence-corrected chi connectivity index (χ0v) is 22.1. The van der Waals surface area contributed by atoms with Crippen LogP contribution in [-0.2, 0) is 0 Å². The van der Waals surface area contributed by atoms with E-state index in [4.69, 9.17) is 4.74 Å². The Balaban J connectivity index is 1.33. The second-order valence-corrected chi connectivity index (χ2v) is 11.1. The molecule has 0 saturated carbocycles. The van der Waals surface area contributed by atoms with E-state index in [0.717, 1.165) is 12.8 Å². The van der Waals surface area contributed by atoms with Crippen LogP contribution in [0.25, 0.3) is 33.1 Å². The molecule has 3 fully saturated rings. The minimum Gasteiger partial charge on any atom is -0.462 e. The number of fused-ring (bicyclic) bond motifs is 4. The molecule has 3 aliphatic heterocycles. The Morgan fingerprint density at radius 3 is 2.56 bits per heavy atom. The molecule has 0 aliphatic carbocycles. The van der Waals surface area contributed by atoms with E-state index in [9.17, 15) is 18.0 Å². The number of likely N-dealkylation sites (tertiary alicyclic amines) is 1. The van der Waals surface area contributed by atoms with Gasteiger partial charge in [-0.1, -0.05) is 24.3 Å². The highest BCUT2D eigenvalue weighted by Gasteiger charge is 2.53. The molecule has 3 aromatic heterocycles. The van der Waals surface area contributed by atoms with Crippen LogP contribution in [0.3, 0.4) is 0 Å². The summed E-state index contributed by atoms with van der Waals surface area (Å²) in [5.74, 6) is -1.89. The van der Waals surface area contributed by atoms with E-state index in [-0.39, 0.29) is 48.2 Å². The van der Waals surface area contributed by atoms with Crippen molar-refractivity contribution >= 4 is 27.5 Å². The Kier molecular flexibility index (Phi) is 6.12. The highest BCUT2D eigenvalue weighted by molar-refractivity contribution is 5.97. The van der Waals surface area contributed by atoms with E-state index in [1.165, 1.54) is 12.3 Å². The number of H-pyrrole nitrogens is 1. The summed E-state index contributed by atoms with van der Waals surface area (Å²) in [6.45, 7) is 0.847. The standard InChI is InChI=1S/C28H27F4N7O2/c1-38-12-19(28(30,31)32)20(38)13-41-27-36-23-18(26(37-27)39-10-15-6-7-16(11-39)34-15)9-33-25(22(23)29)24-17-5-3-2-4-14(17)8-21(40)35-24/h2-5,8-9,15-16,19-20,34H,6-7,10-13H2,1H3,(H,35,40)/t15?,16?,19-,20-/m1/s1. The van der Waals surface area contributed by atoms with Gasteiger partial charge in [0, 0.05) is 49.4 Å². The van der Waals surface area contributed by atoms with Crippen molar-refractivity contribution in [2.45, 2.75) is 37.1 Å². The number of hydrogen-bond donors (Lipinski definition) is 2. The van der Waals surface area contributed by atoms with Crippen LogP contribution in [0, 0.1) is 11.7 Å². The molecule has 4 aromatic rings. The number of nitrogens with zero attached hydrogens (tertiary/aromatic N) is 5. The maximum absolute atomic E-state index is 16.3. The van der Waals surface area contributed by atoms with Crippen molar-refractivity contribution in [3.05, 3.63) is 52.7 Å².